The maximum atomic E-state index is 12.9. The van der Waals surface area contributed by atoms with Gasteiger partial charge in [-0.2, -0.15) is 0 Å². The molecule has 136 valence electrons. The Labute approximate surface area is 155 Å². The lowest BCUT2D eigenvalue weighted by Crippen LogP contribution is -2.49. The fourth-order valence-electron chi connectivity index (χ4n) is 4.39. The summed E-state index contributed by atoms with van der Waals surface area (Å²) in [6.45, 7) is 12.9. The van der Waals surface area contributed by atoms with Crippen LogP contribution in [0.2, 0.25) is 0 Å². The van der Waals surface area contributed by atoms with Crippen molar-refractivity contribution < 1.29 is 23.9 Å². The number of carbonyl (C=O) groups is 3. The molecular formula is C19H23BrO5. The molecule has 4 atom stereocenters. The van der Waals surface area contributed by atoms with Crippen LogP contribution in [0.1, 0.15) is 41.0 Å². The summed E-state index contributed by atoms with van der Waals surface area (Å²) < 4.78 is 11.7. The number of ketones is 1. The number of allylic oxidation sites excluding steroid dienone is 2. The molecule has 0 aromatic carbocycles. The van der Waals surface area contributed by atoms with E-state index in [0.717, 1.165) is 0 Å². The first-order valence-corrected chi connectivity index (χ1v) is 9.15. The van der Waals surface area contributed by atoms with Crippen LogP contribution in [0.3, 0.4) is 0 Å². The Morgan fingerprint density at radius 3 is 2.48 bits per heavy atom. The van der Waals surface area contributed by atoms with Crippen LogP contribution in [-0.4, -0.2) is 28.9 Å². The van der Waals surface area contributed by atoms with Crippen LogP contribution in [0.4, 0.5) is 0 Å². The van der Waals surface area contributed by atoms with Gasteiger partial charge in [-0.25, -0.2) is 0 Å². The minimum absolute atomic E-state index is 0.238. The Kier molecular flexibility index (Phi) is 3.71. The van der Waals surface area contributed by atoms with Crippen molar-refractivity contribution in [2.24, 2.45) is 22.7 Å². The van der Waals surface area contributed by atoms with Gasteiger partial charge in [0.1, 0.15) is 11.2 Å². The maximum Gasteiger partial charge on any atom is 0.325 e. The summed E-state index contributed by atoms with van der Waals surface area (Å²) in [6, 6.07) is 0. The molecule has 6 heteroatoms. The highest BCUT2D eigenvalue weighted by Gasteiger charge is 2.92. The van der Waals surface area contributed by atoms with Crippen LogP contribution in [0.5, 0.6) is 0 Å². The molecule has 1 aliphatic heterocycles. The van der Waals surface area contributed by atoms with E-state index < -0.39 is 45.8 Å². The van der Waals surface area contributed by atoms with Crippen LogP contribution in [0.25, 0.3) is 0 Å². The van der Waals surface area contributed by atoms with Crippen LogP contribution in [-0.2, 0) is 23.9 Å². The van der Waals surface area contributed by atoms with E-state index in [2.05, 4.69) is 22.5 Å². The second-order valence-electron chi connectivity index (χ2n) is 8.74. The molecule has 1 saturated carbocycles. The maximum absolute atomic E-state index is 12.9. The first kappa shape index (κ1) is 18.4. The third-order valence-electron chi connectivity index (χ3n) is 5.57. The van der Waals surface area contributed by atoms with Gasteiger partial charge in [0.15, 0.2) is 11.2 Å². The average molecular weight is 411 g/mol. The van der Waals surface area contributed by atoms with Gasteiger partial charge < -0.3 is 9.47 Å². The van der Waals surface area contributed by atoms with Gasteiger partial charge in [0, 0.05) is 11.3 Å². The molecule has 5 nitrogen and oxygen atoms in total. The van der Waals surface area contributed by atoms with Crippen molar-refractivity contribution in [3.8, 4) is 0 Å². The number of Topliss-reactive ketones (excluding diaryl/α,β-unsaturated/α-hetero) is 1. The number of carbonyl (C=O) groups excluding carboxylic acids is 3. The molecule has 0 radical (unpaired) electrons. The van der Waals surface area contributed by atoms with Gasteiger partial charge in [-0.05, 0) is 49.2 Å². The number of esters is 2. The molecule has 0 unspecified atom stereocenters. The first-order valence-electron chi connectivity index (χ1n) is 8.35. The third-order valence-corrected chi connectivity index (χ3v) is 6.19. The third kappa shape index (κ3) is 2.15. The number of fused-ring (bicyclic) bond motifs is 1. The van der Waals surface area contributed by atoms with Crippen molar-refractivity contribution in [1.29, 1.82) is 0 Å². The number of ether oxygens (including phenoxy) is 2. The molecule has 1 heterocycles. The quantitative estimate of drug-likeness (QED) is 0.403. The predicted octanol–water partition coefficient (Wildman–Crippen LogP) is 3.32. The molecule has 25 heavy (non-hydrogen) atoms. The van der Waals surface area contributed by atoms with Gasteiger partial charge in [0.05, 0.1) is 10.4 Å². The van der Waals surface area contributed by atoms with Crippen LogP contribution in [0, 0.1) is 22.7 Å². The summed E-state index contributed by atoms with van der Waals surface area (Å²) in [4.78, 5) is 38.4. The molecule has 0 spiro atoms. The van der Waals surface area contributed by atoms with Crippen molar-refractivity contribution in [1.82, 2.24) is 0 Å². The number of halogens is 1. The fourth-order valence-corrected chi connectivity index (χ4v) is 4.98. The van der Waals surface area contributed by atoms with Crippen molar-refractivity contribution in [2.75, 3.05) is 0 Å². The van der Waals surface area contributed by atoms with Crippen LogP contribution < -0.4 is 0 Å². The highest BCUT2D eigenvalue weighted by molar-refractivity contribution is 9.12. The molecule has 0 amide bonds. The van der Waals surface area contributed by atoms with Crippen molar-refractivity contribution >= 4 is 33.7 Å². The van der Waals surface area contributed by atoms with Crippen molar-refractivity contribution in [3.63, 3.8) is 0 Å². The van der Waals surface area contributed by atoms with E-state index in [1.807, 2.05) is 13.8 Å². The second kappa shape index (κ2) is 5.06. The zero-order chi connectivity index (χ0) is 19.0. The van der Waals surface area contributed by atoms with E-state index in [4.69, 9.17) is 9.47 Å². The molecule has 0 bridgehead atoms. The minimum atomic E-state index is -1.53. The number of hydrogen-bond donors (Lipinski definition) is 0. The largest absolute Gasteiger partial charge is 0.459 e. The summed E-state index contributed by atoms with van der Waals surface area (Å²) in [5.74, 6) is -2.82. The Hall–Kier alpha value is -1.43. The van der Waals surface area contributed by atoms with Crippen LogP contribution >= 0.6 is 15.9 Å². The summed E-state index contributed by atoms with van der Waals surface area (Å²) in [5, 5.41) is 0. The Balaban J connectivity index is 2.13. The lowest BCUT2D eigenvalue weighted by molar-refractivity contribution is -0.175. The Bertz CT molecular complexity index is 729. The van der Waals surface area contributed by atoms with E-state index in [1.165, 1.54) is 0 Å². The topological polar surface area (TPSA) is 69.7 Å². The predicted molar refractivity (Wildman–Crippen MR) is 94.7 cm³/mol. The van der Waals surface area contributed by atoms with Gasteiger partial charge in [-0.3, -0.25) is 14.4 Å². The van der Waals surface area contributed by atoms with Crippen molar-refractivity contribution in [2.45, 2.75) is 52.2 Å². The molecule has 0 aromatic heterocycles. The van der Waals surface area contributed by atoms with E-state index in [0.29, 0.717) is 10.9 Å². The second-order valence-corrected chi connectivity index (χ2v) is 9.60. The van der Waals surface area contributed by atoms with Gasteiger partial charge in [0.2, 0.25) is 0 Å². The van der Waals surface area contributed by atoms with Crippen LogP contribution in [0.15, 0.2) is 23.2 Å². The molecule has 0 N–H and O–H groups in total. The molecule has 0 aromatic rings. The standard InChI is InChI=1S/C19H23BrO5/c1-7-8-17(5,6)18-9-10(20)12(21)11-13(18)19(11,15(23)25-18)14(22)24-16(2,3)4/h7,9,11,13H,1,8H2,2-6H3/t11-,13-,18+,19-/m0/s1. The molecule has 2 aliphatic carbocycles. The monoisotopic (exact) mass is 410 g/mol. The smallest absolute Gasteiger partial charge is 0.325 e. The molecule has 3 rings (SSSR count). The van der Waals surface area contributed by atoms with Gasteiger partial charge in [-0.1, -0.05) is 19.9 Å². The summed E-state index contributed by atoms with van der Waals surface area (Å²) >= 11 is 3.30. The molecule has 3 aliphatic rings. The first-order chi connectivity index (χ1) is 11.3. The Morgan fingerprint density at radius 2 is 1.96 bits per heavy atom. The zero-order valence-electron chi connectivity index (χ0n) is 15.1. The minimum Gasteiger partial charge on any atom is -0.459 e. The summed E-state index contributed by atoms with van der Waals surface area (Å²) in [6.07, 6.45) is 3.99. The molecular weight excluding hydrogens is 388 g/mol. The molecule has 2 fully saturated rings. The SMILES string of the molecule is C=CCC(C)(C)[C@@]12C=C(Br)C(=O)[C@H]3[C@@H]1[C@@]3(C(=O)OC(C)(C)C)C(=O)O2. The van der Waals surface area contributed by atoms with Crippen molar-refractivity contribution in [3.05, 3.63) is 23.2 Å². The number of rotatable bonds is 4. The van der Waals surface area contributed by atoms with Gasteiger partial charge >= 0.3 is 11.9 Å². The zero-order valence-corrected chi connectivity index (χ0v) is 16.7. The van der Waals surface area contributed by atoms with E-state index in [9.17, 15) is 14.4 Å². The van der Waals surface area contributed by atoms with Gasteiger partial charge in [-0.15, -0.1) is 6.58 Å². The van der Waals surface area contributed by atoms with E-state index in [1.54, 1.807) is 32.9 Å². The average Bonchev–Trinajstić information content (AvgIpc) is 3.07. The molecule has 1 saturated heterocycles. The van der Waals surface area contributed by atoms with E-state index in [-0.39, 0.29) is 5.78 Å². The lowest BCUT2D eigenvalue weighted by atomic mass is 9.67. The lowest BCUT2D eigenvalue weighted by Gasteiger charge is -2.43. The highest BCUT2D eigenvalue weighted by Crippen LogP contribution is 2.76. The normalized spacial score (nSPS) is 36.3. The Morgan fingerprint density at radius 1 is 1.36 bits per heavy atom. The van der Waals surface area contributed by atoms with Gasteiger partial charge in [0.25, 0.3) is 0 Å². The summed E-state index contributed by atoms with van der Waals surface area (Å²) in [5.41, 5.74) is -3.85. The number of hydrogen-bond acceptors (Lipinski definition) is 5. The summed E-state index contributed by atoms with van der Waals surface area (Å²) in [7, 11) is 0. The highest BCUT2D eigenvalue weighted by atomic mass is 79.9. The van der Waals surface area contributed by atoms with E-state index >= 15 is 0 Å². The fraction of sp³-hybridized carbons (Fsp3) is 0.632.